The molecule has 0 bridgehead atoms. The monoisotopic (exact) mass is 368 g/mol. The number of hydrogen-bond acceptors (Lipinski definition) is 4. The molecular weight excluding hydrogens is 340 g/mol. The van der Waals surface area contributed by atoms with E-state index in [0.717, 1.165) is 41.2 Å². The smallest absolute Gasteiger partial charge is 0.185 e. The SMILES string of the molecule is CCCOc1cc(OCCC)c(/C=C/C(=O)c2ccc(OC)cc2)cc1C. The topological polar surface area (TPSA) is 44.8 Å². The Hall–Kier alpha value is -2.75. The van der Waals surface area contributed by atoms with Crippen LogP contribution >= 0.6 is 0 Å². The van der Waals surface area contributed by atoms with Crippen LogP contribution in [0.2, 0.25) is 0 Å². The van der Waals surface area contributed by atoms with Crippen LogP contribution < -0.4 is 14.2 Å². The number of aryl methyl sites for hydroxylation is 1. The van der Waals surface area contributed by atoms with E-state index in [9.17, 15) is 4.79 Å². The Kier molecular flexibility index (Phi) is 7.93. The van der Waals surface area contributed by atoms with E-state index < -0.39 is 0 Å². The van der Waals surface area contributed by atoms with Crippen LogP contribution in [-0.4, -0.2) is 26.1 Å². The number of methoxy groups -OCH3 is 1. The third-order valence-corrected chi connectivity index (χ3v) is 4.02. The molecule has 0 heterocycles. The number of ketones is 1. The summed E-state index contributed by atoms with van der Waals surface area (Å²) in [5.41, 5.74) is 2.50. The van der Waals surface area contributed by atoms with Crippen molar-refractivity contribution in [3.05, 3.63) is 59.2 Å². The van der Waals surface area contributed by atoms with Gasteiger partial charge in [0.25, 0.3) is 0 Å². The lowest BCUT2D eigenvalue weighted by Gasteiger charge is -2.14. The van der Waals surface area contributed by atoms with E-state index in [-0.39, 0.29) is 5.78 Å². The standard InChI is InChI=1S/C23H28O4/c1-5-13-26-22-16-23(27-14-6-2)19(15-17(22)3)9-12-21(24)18-7-10-20(25-4)11-8-18/h7-12,15-16H,5-6,13-14H2,1-4H3/b12-9+. The number of rotatable bonds is 10. The van der Waals surface area contributed by atoms with E-state index in [2.05, 4.69) is 13.8 Å². The van der Waals surface area contributed by atoms with E-state index in [1.807, 2.05) is 19.1 Å². The van der Waals surface area contributed by atoms with Gasteiger partial charge in [-0.05, 0) is 67.8 Å². The molecule has 0 amide bonds. The van der Waals surface area contributed by atoms with Crippen LogP contribution in [0, 0.1) is 6.92 Å². The van der Waals surface area contributed by atoms with Crippen LogP contribution in [0.25, 0.3) is 6.08 Å². The summed E-state index contributed by atoms with van der Waals surface area (Å²) in [6.07, 6.45) is 5.23. The normalized spacial score (nSPS) is 10.8. The molecule has 4 heteroatoms. The Balaban J connectivity index is 2.24. The van der Waals surface area contributed by atoms with Crippen LogP contribution in [0.4, 0.5) is 0 Å². The summed E-state index contributed by atoms with van der Waals surface area (Å²) in [7, 11) is 1.60. The molecule has 2 aromatic rings. The molecule has 0 saturated heterocycles. The number of hydrogen-bond donors (Lipinski definition) is 0. The van der Waals surface area contributed by atoms with Gasteiger partial charge in [0.05, 0.1) is 20.3 Å². The molecule has 2 aromatic carbocycles. The number of carbonyl (C=O) groups is 1. The van der Waals surface area contributed by atoms with Crippen molar-refractivity contribution >= 4 is 11.9 Å². The van der Waals surface area contributed by atoms with Crippen LogP contribution in [-0.2, 0) is 0 Å². The van der Waals surface area contributed by atoms with Crippen molar-refractivity contribution in [2.24, 2.45) is 0 Å². The quantitative estimate of drug-likeness (QED) is 0.412. The predicted molar refractivity (Wildman–Crippen MR) is 109 cm³/mol. The van der Waals surface area contributed by atoms with Gasteiger partial charge in [-0.25, -0.2) is 0 Å². The first kappa shape index (κ1) is 20.6. The zero-order valence-corrected chi connectivity index (χ0v) is 16.6. The Bertz CT molecular complexity index is 776. The Morgan fingerprint density at radius 2 is 1.59 bits per heavy atom. The fourth-order valence-electron chi connectivity index (χ4n) is 2.54. The van der Waals surface area contributed by atoms with Crippen molar-refractivity contribution in [1.29, 1.82) is 0 Å². The second-order valence-corrected chi connectivity index (χ2v) is 6.28. The van der Waals surface area contributed by atoms with Gasteiger partial charge in [0.15, 0.2) is 5.78 Å². The molecule has 0 unspecified atom stereocenters. The molecule has 0 aromatic heterocycles. The molecule has 2 rings (SSSR count). The molecule has 0 spiro atoms. The lowest BCUT2D eigenvalue weighted by Crippen LogP contribution is -2.02. The number of allylic oxidation sites excluding steroid dienone is 1. The first-order chi connectivity index (χ1) is 13.1. The van der Waals surface area contributed by atoms with Crippen molar-refractivity contribution in [1.82, 2.24) is 0 Å². The van der Waals surface area contributed by atoms with E-state index in [4.69, 9.17) is 14.2 Å². The first-order valence-corrected chi connectivity index (χ1v) is 9.35. The average Bonchev–Trinajstić information content (AvgIpc) is 2.70. The predicted octanol–water partition coefficient (Wildman–Crippen LogP) is 5.48. The Morgan fingerprint density at radius 3 is 2.19 bits per heavy atom. The molecule has 0 aliphatic rings. The van der Waals surface area contributed by atoms with Gasteiger partial charge in [0, 0.05) is 17.2 Å². The summed E-state index contributed by atoms with van der Waals surface area (Å²) < 4.78 is 16.8. The van der Waals surface area contributed by atoms with Gasteiger partial charge in [-0.3, -0.25) is 4.79 Å². The van der Waals surface area contributed by atoms with Crippen LogP contribution in [0.1, 0.15) is 48.2 Å². The summed E-state index contributed by atoms with van der Waals surface area (Å²) in [6, 6.07) is 11.0. The second-order valence-electron chi connectivity index (χ2n) is 6.28. The second kappa shape index (κ2) is 10.4. The highest BCUT2D eigenvalue weighted by Crippen LogP contribution is 2.30. The number of carbonyl (C=O) groups excluding carboxylic acids is 1. The third-order valence-electron chi connectivity index (χ3n) is 4.02. The molecule has 0 aliphatic carbocycles. The maximum Gasteiger partial charge on any atom is 0.185 e. The van der Waals surface area contributed by atoms with Crippen molar-refractivity contribution in [2.45, 2.75) is 33.6 Å². The summed E-state index contributed by atoms with van der Waals surface area (Å²) in [5.74, 6) is 2.21. The molecule has 144 valence electrons. The summed E-state index contributed by atoms with van der Waals surface area (Å²) in [5, 5.41) is 0. The summed E-state index contributed by atoms with van der Waals surface area (Å²) in [4.78, 5) is 12.4. The minimum atomic E-state index is -0.0666. The van der Waals surface area contributed by atoms with Gasteiger partial charge in [-0.1, -0.05) is 13.8 Å². The van der Waals surface area contributed by atoms with Crippen molar-refractivity contribution in [3.63, 3.8) is 0 Å². The average molecular weight is 368 g/mol. The highest BCUT2D eigenvalue weighted by molar-refractivity contribution is 6.07. The van der Waals surface area contributed by atoms with Gasteiger partial charge < -0.3 is 14.2 Å². The fraction of sp³-hybridized carbons (Fsp3) is 0.348. The van der Waals surface area contributed by atoms with E-state index >= 15 is 0 Å². The number of benzene rings is 2. The first-order valence-electron chi connectivity index (χ1n) is 9.35. The van der Waals surface area contributed by atoms with Gasteiger partial charge in [0.2, 0.25) is 0 Å². The summed E-state index contributed by atoms with van der Waals surface area (Å²) in [6.45, 7) is 7.41. The molecular formula is C23H28O4. The van der Waals surface area contributed by atoms with Gasteiger partial charge >= 0.3 is 0 Å². The maximum absolute atomic E-state index is 12.4. The largest absolute Gasteiger partial charge is 0.497 e. The zero-order chi connectivity index (χ0) is 19.6. The molecule has 0 fully saturated rings. The fourth-order valence-corrected chi connectivity index (χ4v) is 2.54. The molecule has 0 N–H and O–H groups in total. The lowest BCUT2D eigenvalue weighted by molar-refractivity contribution is 0.104. The highest BCUT2D eigenvalue weighted by Gasteiger charge is 2.09. The van der Waals surface area contributed by atoms with E-state index in [0.29, 0.717) is 18.8 Å². The van der Waals surface area contributed by atoms with Gasteiger partial charge in [-0.15, -0.1) is 0 Å². The van der Waals surface area contributed by atoms with Crippen LogP contribution in [0.5, 0.6) is 17.2 Å². The van der Waals surface area contributed by atoms with Gasteiger partial charge in [0.1, 0.15) is 17.2 Å². The minimum Gasteiger partial charge on any atom is -0.497 e. The van der Waals surface area contributed by atoms with Crippen LogP contribution in [0.15, 0.2) is 42.5 Å². The number of ether oxygens (including phenoxy) is 3. The van der Waals surface area contributed by atoms with Crippen molar-refractivity contribution in [2.75, 3.05) is 20.3 Å². The Morgan fingerprint density at radius 1 is 0.963 bits per heavy atom. The minimum absolute atomic E-state index is 0.0666. The Labute approximate surface area is 161 Å². The molecule has 0 atom stereocenters. The molecule has 27 heavy (non-hydrogen) atoms. The highest BCUT2D eigenvalue weighted by atomic mass is 16.5. The zero-order valence-electron chi connectivity index (χ0n) is 16.6. The maximum atomic E-state index is 12.4. The summed E-state index contributed by atoms with van der Waals surface area (Å²) >= 11 is 0. The van der Waals surface area contributed by atoms with Gasteiger partial charge in [-0.2, -0.15) is 0 Å². The third kappa shape index (κ3) is 5.88. The van der Waals surface area contributed by atoms with E-state index in [1.165, 1.54) is 0 Å². The molecule has 4 nitrogen and oxygen atoms in total. The lowest BCUT2D eigenvalue weighted by atomic mass is 10.1. The van der Waals surface area contributed by atoms with E-state index in [1.54, 1.807) is 43.5 Å². The molecule has 0 saturated carbocycles. The molecule has 0 radical (unpaired) electrons. The van der Waals surface area contributed by atoms with Crippen LogP contribution in [0.3, 0.4) is 0 Å². The van der Waals surface area contributed by atoms with Crippen molar-refractivity contribution in [3.8, 4) is 17.2 Å². The van der Waals surface area contributed by atoms with Crippen molar-refractivity contribution < 1.29 is 19.0 Å². The molecule has 0 aliphatic heterocycles.